The van der Waals surface area contributed by atoms with E-state index < -0.39 is 14.5 Å². The van der Waals surface area contributed by atoms with E-state index in [1.54, 1.807) is 18.0 Å². The zero-order valence-corrected chi connectivity index (χ0v) is 27.3. The summed E-state index contributed by atoms with van der Waals surface area (Å²) in [5, 5.41) is 13.7. The number of anilines is 1. The van der Waals surface area contributed by atoms with Gasteiger partial charge in [0.15, 0.2) is 0 Å². The molecule has 1 aliphatic rings. The van der Waals surface area contributed by atoms with Crippen molar-refractivity contribution in [2.75, 3.05) is 18.5 Å². The molecule has 238 valence electrons. The molecule has 7 nitrogen and oxygen atoms in total. The highest BCUT2D eigenvalue weighted by molar-refractivity contribution is 6.72. The molecule has 3 N–H and O–H groups in total. The number of amides is 2. The van der Waals surface area contributed by atoms with Crippen LogP contribution in [-0.4, -0.2) is 60.6 Å². The fourth-order valence-corrected chi connectivity index (χ4v) is 9.41. The highest BCUT2D eigenvalue weighted by Crippen LogP contribution is 2.47. The summed E-state index contributed by atoms with van der Waals surface area (Å²) in [6.45, 7) is 5.92. The first-order valence-corrected chi connectivity index (χ1v) is 18.8. The van der Waals surface area contributed by atoms with Gasteiger partial charge in [0.2, 0.25) is 20.2 Å². The number of halogens is 1. The van der Waals surface area contributed by atoms with Crippen LogP contribution < -0.4 is 5.32 Å². The van der Waals surface area contributed by atoms with Crippen LogP contribution in [0.1, 0.15) is 36.5 Å². The third kappa shape index (κ3) is 8.28. The largest absolute Gasteiger partial charge is 0.395 e. The van der Waals surface area contributed by atoms with Crippen molar-refractivity contribution in [2.24, 2.45) is 5.92 Å². The minimum atomic E-state index is -3.16. The van der Waals surface area contributed by atoms with Gasteiger partial charge in [-0.15, -0.1) is 0 Å². The summed E-state index contributed by atoms with van der Waals surface area (Å²) >= 11 is 0. The molecule has 0 unspecified atom stereocenters. The number of carbonyl (C=O) groups is 2. The predicted molar refractivity (Wildman–Crippen MR) is 179 cm³/mol. The minimum absolute atomic E-state index is 0.0334. The molecule has 3 aromatic carbocycles. The molecule has 1 saturated heterocycles. The number of nitrogens with one attached hydrogen (secondary N) is 2. The monoisotopic (exact) mass is 629 g/mol. The quantitative estimate of drug-likeness (QED) is 0.114. The fourth-order valence-electron chi connectivity index (χ4n) is 6.86. The topological polar surface area (TPSA) is 94.7 Å². The number of aromatic nitrogens is 1. The molecule has 45 heavy (non-hydrogen) atoms. The lowest BCUT2D eigenvalue weighted by Crippen LogP contribution is -2.40. The highest BCUT2D eigenvalue weighted by atomic mass is 28.4. The van der Waals surface area contributed by atoms with Crippen LogP contribution in [-0.2, 0) is 33.7 Å². The first-order valence-electron chi connectivity index (χ1n) is 15.8. The smallest absolute Gasteiger partial charge is 0.246 e. The Morgan fingerprint density at radius 3 is 2.49 bits per heavy atom. The van der Waals surface area contributed by atoms with Crippen LogP contribution in [0.5, 0.6) is 0 Å². The van der Waals surface area contributed by atoms with Gasteiger partial charge in [0.1, 0.15) is 0 Å². The number of hydrogen-bond donors (Lipinski definition) is 3. The van der Waals surface area contributed by atoms with E-state index in [9.17, 15) is 14.7 Å². The van der Waals surface area contributed by atoms with Gasteiger partial charge in [-0.05, 0) is 66.7 Å². The summed E-state index contributed by atoms with van der Waals surface area (Å²) in [6.07, 6.45) is 2.94. The van der Waals surface area contributed by atoms with Gasteiger partial charge >= 0.3 is 0 Å². The molecule has 0 aliphatic carbocycles. The number of aryl methyl sites for hydroxylation is 1. The summed E-state index contributed by atoms with van der Waals surface area (Å²) in [7, 11) is -3.16. The lowest BCUT2D eigenvalue weighted by molar-refractivity contribution is -0.135. The molecule has 1 aliphatic heterocycles. The molecule has 0 bridgehead atoms. The van der Waals surface area contributed by atoms with E-state index in [-0.39, 0.29) is 55.4 Å². The fraction of sp³-hybridized carbons (Fsp3) is 0.389. The molecular weight excluding hydrogens is 585 g/mol. The van der Waals surface area contributed by atoms with E-state index in [0.29, 0.717) is 19.4 Å². The van der Waals surface area contributed by atoms with Crippen LogP contribution >= 0.6 is 0 Å². The van der Waals surface area contributed by atoms with Crippen molar-refractivity contribution in [1.29, 1.82) is 0 Å². The van der Waals surface area contributed by atoms with Crippen molar-refractivity contribution in [2.45, 2.75) is 70.0 Å². The first kappa shape index (κ1) is 32.6. The van der Waals surface area contributed by atoms with E-state index in [1.165, 1.54) is 0 Å². The number of nitrogens with zero attached hydrogens (tertiary/aromatic N) is 1. The van der Waals surface area contributed by atoms with Crippen LogP contribution in [0.3, 0.4) is 0 Å². The van der Waals surface area contributed by atoms with Crippen molar-refractivity contribution >= 4 is 36.8 Å². The van der Waals surface area contributed by atoms with Gasteiger partial charge in [-0.2, -0.15) is 0 Å². The average Bonchev–Trinajstić information content (AvgIpc) is 3.56. The number of hydrogen-bond acceptors (Lipinski definition) is 4. The van der Waals surface area contributed by atoms with E-state index in [0.717, 1.165) is 33.3 Å². The number of H-pyrrole nitrogens is 1. The summed E-state index contributed by atoms with van der Waals surface area (Å²) in [4.78, 5) is 31.2. The second-order valence-electron chi connectivity index (χ2n) is 12.7. The Morgan fingerprint density at radius 1 is 1.00 bits per heavy atom. The summed E-state index contributed by atoms with van der Waals surface area (Å²) < 4.78 is 22.2. The van der Waals surface area contributed by atoms with E-state index in [4.69, 9.17) is 4.74 Å². The average molecular weight is 630 g/mol. The predicted octanol–water partition coefficient (Wildman–Crippen LogP) is 6.64. The number of fused-ring (bicyclic) bond motifs is 1. The molecule has 5 rings (SSSR count). The SMILES string of the molecule is C[C@@H]1[C@@H]([Si](C)(C)F)[C@H](CC(=O)N(CCO)Cc2ccccc2)O[C@@H]1CCc1cccc(NC(=O)Cc2c[nH]c3ccccc23)c1. The maximum atomic E-state index is 15.7. The zero-order valence-electron chi connectivity index (χ0n) is 26.3. The maximum Gasteiger partial charge on any atom is 0.246 e. The lowest BCUT2D eigenvalue weighted by atomic mass is 9.95. The molecule has 1 fully saturated rings. The van der Waals surface area contributed by atoms with Crippen LogP contribution in [0, 0.1) is 5.92 Å². The molecule has 1 aromatic heterocycles. The third-order valence-electron chi connectivity index (χ3n) is 8.96. The van der Waals surface area contributed by atoms with Crippen LogP contribution in [0.25, 0.3) is 10.9 Å². The Kier molecular flexibility index (Phi) is 10.5. The third-order valence-corrected chi connectivity index (χ3v) is 11.4. The molecule has 2 heterocycles. The Bertz CT molecular complexity index is 1590. The maximum absolute atomic E-state index is 15.7. The van der Waals surface area contributed by atoms with Gasteiger partial charge in [0.05, 0.1) is 31.7 Å². The number of aromatic amines is 1. The van der Waals surface area contributed by atoms with Crippen LogP contribution in [0.4, 0.5) is 9.80 Å². The Morgan fingerprint density at radius 2 is 1.73 bits per heavy atom. The Hall–Kier alpha value is -3.79. The number of rotatable bonds is 13. The van der Waals surface area contributed by atoms with Crippen molar-refractivity contribution in [3.8, 4) is 0 Å². The van der Waals surface area contributed by atoms with E-state index in [1.807, 2.05) is 92.0 Å². The van der Waals surface area contributed by atoms with Gasteiger partial charge in [-0.25, -0.2) is 0 Å². The second-order valence-corrected chi connectivity index (χ2v) is 16.5. The summed E-state index contributed by atoms with van der Waals surface area (Å²) in [5.74, 6) is -0.253. The minimum Gasteiger partial charge on any atom is -0.395 e. The number of para-hydroxylation sites is 1. The van der Waals surface area contributed by atoms with Crippen LogP contribution in [0.2, 0.25) is 18.6 Å². The van der Waals surface area contributed by atoms with Crippen molar-refractivity contribution in [3.05, 3.63) is 102 Å². The van der Waals surface area contributed by atoms with Crippen LogP contribution in [0.15, 0.2) is 85.1 Å². The van der Waals surface area contributed by atoms with Gasteiger partial charge < -0.3 is 29.2 Å². The normalized spacial score (nSPS) is 19.9. The molecule has 9 heteroatoms. The molecule has 4 atom stereocenters. The molecule has 0 radical (unpaired) electrons. The van der Waals surface area contributed by atoms with Crippen molar-refractivity contribution in [3.63, 3.8) is 0 Å². The number of aliphatic hydroxyl groups is 1. The van der Waals surface area contributed by atoms with E-state index in [2.05, 4.69) is 10.3 Å². The second kappa shape index (κ2) is 14.5. The molecule has 2 amide bonds. The van der Waals surface area contributed by atoms with E-state index >= 15 is 4.11 Å². The van der Waals surface area contributed by atoms with Gasteiger partial charge in [0, 0.05) is 41.4 Å². The van der Waals surface area contributed by atoms with Crippen molar-refractivity contribution < 1.29 is 23.5 Å². The lowest BCUT2D eigenvalue weighted by Gasteiger charge is -2.30. The van der Waals surface area contributed by atoms with Gasteiger partial charge in [0.25, 0.3) is 0 Å². The number of carbonyl (C=O) groups excluding carboxylic acids is 2. The first-order chi connectivity index (χ1) is 21.6. The molecular formula is C36H44FN3O4Si. The number of aliphatic hydroxyl groups excluding tert-OH is 1. The zero-order chi connectivity index (χ0) is 32.0. The number of ether oxygens (including phenoxy) is 1. The van der Waals surface area contributed by atoms with Gasteiger partial charge in [-0.3, -0.25) is 9.59 Å². The Labute approximate surface area is 266 Å². The van der Waals surface area contributed by atoms with Gasteiger partial charge in [-0.1, -0.05) is 67.6 Å². The Balaban J connectivity index is 1.20. The summed E-state index contributed by atoms with van der Waals surface area (Å²) in [6, 6.07) is 25.4. The van der Waals surface area contributed by atoms with Crippen molar-refractivity contribution in [1.82, 2.24) is 9.88 Å². The number of benzene rings is 3. The molecule has 0 spiro atoms. The molecule has 4 aromatic rings. The molecule has 0 saturated carbocycles. The standard InChI is InChI=1S/C36H44FN3O4Si/c1-25-32(44-33(36(25)45(2,3)37)22-35(43)40(18-19-41)24-27-10-5-4-6-11-27)17-16-26-12-9-13-29(20-26)39-34(42)21-28-23-38-31-15-8-7-14-30(28)31/h4-15,20,23,25,32-33,36,38,41H,16-19,21-22,24H2,1-3H3,(H,39,42)/t25-,32+,33-,36+/m0/s1. The summed E-state index contributed by atoms with van der Waals surface area (Å²) in [5.41, 5.74) is 4.42. The highest BCUT2D eigenvalue weighted by Gasteiger charge is 2.51.